The Hall–Kier alpha value is -0.630. The molecule has 0 unspecified atom stereocenters. The predicted molar refractivity (Wildman–Crippen MR) is 111 cm³/mol. The van der Waals surface area contributed by atoms with E-state index in [4.69, 9.17) is 10.5 Å². The molecule has 0 bridgehead atoms. The minimum Gasteiger partial charge on any atom is -0.488 e. The maximum atomic E-state index is 6.13. The SMILES string of the molecule is Cc1ccc(CN=C(N)N2CCSCC2)c(OC(C)(C)C)c1.I. The van der Waals surface area contributed by atoms with Crippen LogP contribution in [0.25, 0.3) is 0 Å². The fourth-order valence-electron chi connectivity index (χ4n) is 2.28. The number of hydrogen-bond acceptors (Lipinski definition) is 3. The Bertz CT molecular complexity index is 537. The number of aliphatic imine (C=N–C) groups is 1. The number of nitrogens with zero attached hydrogens (tertiary/aromatic N) is 2. The number of benzene rings is 1. The Kier molecular flexibility index (Phi) is 8.00. The van der Waals surface area contributed by atoms with Gasteiger partial charge in [-0.25, -0.2) is 4.99 Å². The van der Waals surface area contributed by atoms with Gasteiger partial charge in [-0.1, -0.05) is 12.1 Å². The van der Waals surface area contributed by atoms with Crippen molar-refractivity contribution in [2.45, 2.75) is 39.8 Å². The average Bonchev–Trinajstić information content (AvgIpc) is 2.45. The smallest absolute Gasteiger partial charge is 0.191 e. The molecule has 1 aromatic rings. The van der Waals surface area contributed by atoms with E-state index in [2.05, 4.69) is 55.8 Å². The number of ether oxygens (including phenoxy) is 1. The molecule has 6 heteroatoms. The first kappa shape index (κ1) is 20.4. The Labute approximate surface area is 161 Å². The first-order valence-electron chi connectivity index (χ1n) is 7.76. The average molecular weight is 449 g/mol. The molecule has 0 aromatic heterocycles. The summed E-state index contributed by atoms with van der Waals surface area (Å²) in [7, 11) is 0. The number of rotatable bonds is 3. The maximum absolute atomic E-state index is 6.13. The van der Waals surface area contributed by atoms with Crippen LogP contribution < -0.4 is 10.5 Å². The highest BCUT2D eigenvalue weighted by atomic mass is 127. The molecule has 1 fully saturated rings. The monoisotopic (exact) mass is 449 g/mol. The Morgan fingerprint density at radius 1 is 1.30 bits per heavy atom. The molecule has 23 heavy (non-hydrogen) atoms. The van der Waals surface area contributed by atoms with Gasteiger partial charge in [0.1, 0.15) is 11.4 Å². The largest absolute Gasteiger partial charge is 0.488 e. The van der Waals surface area contributed by atoms with Gasteiger partial charge in [-0.05, 0) is 39.3 Å². The Balaban J connectivity index is 0.00000264. The zero-order valence-electron chi connectivity index (χ0n) is 14.5. The van der Waals surface area contributed by atoms with E-state index >= 15 is 0 Å². The summed E-state index contributed by atoms with van der Waals surface area (Å²) in [5, 5.41) is 0. The highest BCUT2D eigenvalue weighted by Crippen LogP contribution is 2.25. The second-order valence-electron chi connectivity index (χ2n) is 6.60. The molecular formula is C17H28IN3OS. The quantitative estimate of drug-likeness (QED) is 0.435. The van der Waals surface area contributed by atoms with E-state index in [0.29, 0.717) is 12.5 Å². The Morgan fingerprint density at radius 2 is 1.96 bits per heavy atom. The molecule has 1 heterocycles. The molecule has 2 N–H and O–H groups in total. The molecule has 0 aliphatic carbocycles. The summed E-state index contributed by atoms with van der Waals surface area (Å²) in [6.07, 6.45) is 0. The third kappa shape index (κ3) is 6.79. The van der Waals surface area contributed by atoms with E-state index < -0.39 is 0 Å². The number of guanidine groups is 1. The predicted octanol–water partition coefficient (Wildman–Crippen LogP) is 3.65. The summed E-state index contributed by atoms with van der Waals surface area (Å²) in [6, 6.07) is 6.25. The lowest BCUT2D eigenvalue weighted by atomic mass is 10.1. The minimum atomic E-state index is -0.220. The molecule has 0 saturated carbocycles. The second-order valence-corrected chi connectivity index (χ2v) is 7.82. The van der Waals surface area contributed by atoms with E-state index in [0.717, 1.165) is 35.9 Å². The third-order valence-electron chi connectivity index (χ3n) is 3.39. The van der Waals surface area contributed by atoms with Gasteiger partial charge < -0.3 is 15.4 Å². The molecule has 130 valence electrons. The first-order valence-corrected chi connectivity index (χ1v) is 8.92. The minimum absolute atomic E-state index is 0. The highest BCUT2D eigenvalue weighted by Gasteiger charge is 2.16. The summed E-state index contributed by atoms with van der Waals surface area (Å²) in [5.41, 5.74) is 8.18. The van der Waals surface area contributed by atoms with Gasteiger partial charge in [0, 0.05) is 30.2 Å². The lowest BCUT2D eigenvalue weighted by molar-refractivity contribution is 0.129. The van der Waals surface area contributed by atoms with Crippen molar-refractivity contribution >= 4 is 41.7 Å². The van der Waals surface area contributed by atoms with Gasteiger partial charge in [0.25, 0.3) is 0 Å². The number of hydrogen-bond donors (Lipinski definition) is 1. The molecule has 1 aliphatic rings. The van der Waals surface area contributed by atoms with Crippen molar-refractivity contribution in [3.63, 3.8) is 0 Å². The topological polar surface area (TPSA) is 50.8 Å². The van der Waals surface area contributed by atoms with Crippen LogP contribution in [0, 0.1) is 6.92 Å². The summed E-state index contributed by atoms with van der Waals surface area (Å²) >= 11 is 1.97. The highest BCUT2D eigenvalue weighted by molar-refractivity contribution is 14.0. The molecule has 1 aromatic carbocycles. The zero-order valence-corrected chi connectivity index (χ0v) is 17.6. The van der Waals surface area contributed by atoms with Gasteiger partial charge in [0.2, 0.25) is 0 Å². The maximum Gasteiger partial charge on any atom is 0.191 e. The van der Waals surface area contributed by atoms with Crippen molar-refractivity contribution in [1.82, 2.24) is 4.90 Å². The van der Waals surface area contributed by atoms with Crippen molar-refractivity contribution < 1.29 is 4.74 Å². The van der Waals surface area contributed by atoms with Gasteiger partial charge in [-0.3, -0.25) is 0 Å². The molecule has 0 amide bonds. The van der Waals surface area contributed by atoms with E-state index in [1.54, 1.807) is 0 Å². The van der Waals surface area contributed by atoms with Gasteiger partial charge in [-0.15, -0.1) is 24.0 Å². The van der Waals surface area contributed by atoms with Crippen molar-refractivity contribution in [3.8, 4) is 5.75 Å². The van der Waals surface area contributed by atoms with E-state index in [1.807, 2.05) is 11.8 Å². The van der Waals surface area contributed by atoms with Crippen LogP contribution in [0.1, 0.15) is 31.9 Å². The van der Waals surface area contributed by atoms with Crippen molar-refractivity contribution in [2.24, 2.45) is 10.7 Å². The summed E-state index contributed by atoms with van der Waals surface area (Å²) < 4.78 is 6.06. The molecule has 0 radical (unpaired) electrons. The summed E-state index contributed by atoms with van der Waals surface area (Å²) in [4.78, 5) is 6.73. The van der Waals surface area contributed by atoms with Gasteiger partial charge in [0.05, 0.1) is 6.54 Å². The lowest BCUT2D eigenvalue weighted by Crippen LogP contribution is -2.42. The first-order chi connectivity index (χ1) is 10.3. The van der Waals surface area contributed by atoms with Gasteiger partial charge in [0.15, 0.2) is 5.96 Å². The lowest BCUT2D eigenvalue weighted by Gasteiger charge is -2.27. The number of aryl methyl sites for hydroxylation is 1. The molecular weight excluding hydrogens is 421 g/mol. The summed E-state index contributed by atoms with van der Waals surface area (Å²) in [5.74, 6) is 3.79. The summed E-state index contributed by atoms with van der Waals surface area (Å²) in [6.45, 7) is 10.8. The molecule has 4 nitrogen and oxygen atoms in total. The van der Waals surface area contributed by atoms with Crippen LogP contribution in [0.4, 0.5) is 0 Å². The van der Waals surface area contributed by atoms with Crippen LogP contribution in [-0.4, -0.2) is 41.1 Å². The molecule has 0 spiro atoms. The van der Waals surface area contributed by atoms with E-state index in [1.165, 1.54) is 5.56 Å². The fourth-order valence-corrected chi connectivity index (χ4v) is 3.18. The van der Waals surface area contributed by atoms with Gasteiger partial charge >= 0.3 is 0 Å². The second kappa shape index (κ2) is 9.01. The third-order valence-corrected chi connectivity index (χ3v) is 4.33. The standard InChI is InChI=1S/C17H27N3OS.HI/c1-13-5-6-14(15(11-13)21-17(2,3)4)12-19-16(18)20-7-9-22-10-8-20;/h5-6,11H,7-10,12H2,1-4H3,(H2,18,19);1H. The van der Waals surface area contributed by atoms with Crippen LogP contribution >= 0.6 is 35.7 Å². The van der Waals surface area contributed by atoms with Gasteiger partial charge in [-0.2, -0.15) is 11.8 Å². The van der Waals surface area contributed by atoms with Crippen LogP contribution in [0.15, 0.2) is 23.2 Å². The van der Waals surface area contributed by atoms with Crippen LogP contribution in [0.2, 0.25) is 0 Å². The molecule has 1 aliphatic heterocycles. The van der Waals surface area contributed by atoms with Crippen molar-refractivity contribution in [1.29, 1.82) is 0 Å². The number of thioether (sulfide) groups is 1. The van der Waals surface area contributed by atoms with E-state index in [9.17, 15) is 0 Å². The number of halogens is 1. The number of nitrogens with two attached hydrogens (primary N) is 1. The van der Waals surface area contributed by atoms with Crippen molar-refractivity contribution in [2.75, 3.05) is 24.6 Å². The molecule has 2 rings (SSSR count). The fraction of sp³-hybridized carbons (Fsp3) is 0.588. The van der Waals surface area contributed by atoms with E-state index in [-0.39, 0.29) is 29.6 Å². The zero-order chi connectivity index (χ0) is 16.2. The van der Waals surface area contributed by atoms with Crippen LogP contribution in [0.5, 0.6) is 5.75 Å². The Morgan fingerprint density at radius 3 is 2.57 bits per heavy atom. The van der Waals surface area contributed by atoms with Crippen LogP contribution in [-0.2, 0) is 6.54 Å². The van der Waals surface area contributed by atoms with Crippen molar-refractivity contribution in [3.05, 3.63) is 29.3 Å². The molecule has 1 saturated heterocycles. The molecule has 0 atom stereocenters. The van der Waals surface area contributed by atoms with Crippen LogP contribution in [0.3, 0.4) is 0 Å². The normalized spacial score (nSPS) is 16.0.